The Hall–Kier alpha value is -0.830. The third kappa shape index (κ3) is 3.35. The van der Waals surface area contributed by atoms with Crippen LogP contribution < -0.4 is 0 Å². The van der Waals surface area contributed by atoms with Crippen molar-refractivity contribution in [3.63, 3.8) is 0 Å². The fourth-order valence-electron chi connectivity index (χ4n) is 1.64. The predicted octanol–water partition coefficient (Wildman–Crippen LogP) is 5.18. The molecule has 0 fully saturated rings. The van der Waals surface area contributed by atoms with E-state index in [2.05, 4.69) is 15.9 Å². The number of halogens is 3. The first-order valence-corrected chi connectivity index (χ1v) is 6.84. The summed E-state index contributed by atoms with van der Waals surface area (Å²) in [7, 11) is 0. The second-order valence-electron chi connectivity index (χ2n) is 3.85. The van der Waals surface area contributed by atoms with Crippen LogP contribution in [-0.4, -0.2) is 5.78 Å². The molecule has 0 unspecified atom stereocenters. The second kappa shape index (κ2) is 5.87. The highest BCUT2D eigenvalue weighted by molar-refractivity contribution is 9.10. The quantitative estimate of drug-likeness (QED) is 0.701. The third-order valence-electron chi connectivity index (χ3n) is 2.49. The van der Waals surface area contributed by atoms with Crippen LogP contribution in [0.1, 0.15) is 15.9 Å². The van der Waals surface area contributed by atoms with Gasteiger partial charge in [0.25, 0.3) is 0 Å². The normalized spacial score (nSPS) is 10.4. The van der Waals surface area contributed by atoms with Gasteiger partial charge in [0, 0.05) is 21.5 Å². The van der Waals surface area contributed by atoms with Crippen LogP contribution in [0, 0.1) is 0 Å². The van der Waals surface area contributed by atoms with Crippen molar-refractivity contribution in [1.82, 2.24) is 0 Å². The van der Waals surface area contributed by atoms with Crippen molar-refractivity contribution in [2.45, 2.75) is 6.42 Å². The molecule has 92 valence electrons. The van der Waals surface area contributed by atoms with Crippen LogP contribution in [0.15, 0.2) is 46.9 Å². The number of Topliss-reactive ketones (excluding diaryl/α,β-unsaturated/α-hetero) is 1. The van der Waals surface area contributed by atoms with Crippen LogP contribution >= 0.6 is 39.1 Å². The average Bonchev–Trinajstić information content (AvgIpc) is 2.28. The molecule has 0 aliphatic heterocycles. The molecular weight excluding hydrogens is 335 g/mol. The van der Waals surface area contributed by atoms with E-state index >= 15 is 0 Å². The Morgan fingerprint density at radius 3 is 2.56 bits per heavy atom. The SMILES string of the molecule is O=C(Cc1cccc(Cl)c1)c1ccc(Br)cc1Cl. The topological polar surface area (TPSA) is 17.1 Å². The Labute approximate surface area is 124 Å². The van der Waals surface area contributed by atoms with Gasteiger partial charge >= 0.3 is 0 Å². The average molecular weight is 344 g/mol. The van der Waals surface area contributed by atoms with Gasteiger partial charge in [0.15, 0.2) is 5.78 Å². The van der Waals surface area contributed by atoms with Crippen molar-refractivity contribution in [3.05, 3.63) is 68.1 Å². The van der Waals surface area contributed by atoms with Crippen molar-refractivity contribution in [2.24, 2.45) is 0 Å². The maximum Gasteiger partial charge on any atom is 0.168 e. The summed E-state index contributed by atoms with van der Waals surface area (Å²) in [5.41, 5.74) is 1.41. The van der Waals surface area contributed by atoms with Gasteiger partial charge in [0.1, 0.15) is 0 Å². The summed E-state index contributed by atoms with van der Waals surface area (Å²) in [6.07, 6.45) is 0.294. The molecule has 0 atom stereocenters. The minimum atomic E-state index is -0.0187. The number of hydrogen-bond donors (Lipinski definition) is 0. The van der Waals surface area contributed by atoms with Gasteiger partial charge in [-0.1, -0.05) is 51.3 Å². The summed E-state index contributed by atoms with van der Waals surface area (Å²) in [5.74, 6) is -0.0187. The first-order chi connectivity index (χ1) is 8.56. The Balaban J connectivity index is 2.22. The van der Waals surface area contributed by atoms with Crippen LogP contribution in [0.2, 0.25) is 10.0 Å². The largest absolute Gasteiger partial charge is 0.294 e. The predicted molar refractivity (Wildman–Crippen MR) is 78.6 cm³/mol. The van der Waals surface area contributed by atoms with Gasteiger partial charge in [-0.2, -0.15) is 0 Å². The number of carbonyl (C=O) groups is 1. The maximum absolute atomic E-state index is 12.1. The van der Waals surface area contributed by atoms with Crippen LogP contribution in [0.5, 0.6) is 0 Å². The molecule has 0 radical (unpaired) electrons. The van der Waals surface area contributed by atoms with Crippen LogP contribution in [0.3, 0.4) is 0 Å². The highest BCUT2D eigenvalue weighted by atomic mass is 79.9. The lowest BCUT2D eigenvalue weighted by atomic mass is 10.0. The molecule has 0 bridgehead atoms. The monoisotopic (exact) mass is 342 g/mol. The van der Waals surface area contributed by atoms with Crippen molar-refractivity contribution in [3.8, 4) is 0 Å². The molecule has 4 heteroatoms. The molecule has 0 amide bonds. The molecule has 2 aromatic rings. The molecule has 0 spiro atoms. The van der Waals surface area contributed by atoms with E-state index in [-0.39, 0.29) is 5.78 Å². The van der Waals surface area contributed by atoms with Gasteiger partial charge in [-0.05, 0) is 35.9 Å². The molecule has 0 saturated heterocycles. The minimum absolute atomic E-state index is 0.0187. The van der Waals surface area contributed by atoms with Gasteiger partial charge in [-0.3, -0.25) is 4.79 Å². The number of benzene rings is 2. The maximum atomic E-state index is 12.1. The van der Waals surface area contributed by atoms with Crippen molar-refractivity contribution in [2.75, 3.05) is 0 Å². The summed E-state index contributed by atoms with van der Waals surface area (Å²) >= 11 is 15.2. The Bertz CT molecular complexity index is 596. The summed E-state index contributed by atoms with van der Waals surface area (Å²) in [4.78, 5) is 12.1. The molecule has 0 heterocycles. The third-order valence-corrected chi connectivity index (χ3v) is 3.53. The van der Waals surface area contributed by atoms with Crippen LogP contribution in [-0.2, 0) is 6.42 Å². The number of rotatable bonds is 3. The standard InChI is InChI=1S/C14H9BrCl2O/c15-10-4-5-12(13(17)8-10)14(18)7-9-2-1-3-11(16)6-9/h1-6,8H,7H2. The van der Waals surface area contributed by atoms with E-state index in [1.165, 1.54) is 0 Å². The highest BCUT2D eigenvalue weighted by Gasteiger charge is 2.11. The zero-order chi connectivity index (χ0) is 13.1. The van der Waals surface area contributed by atoms with Crippen LogP contribution in [0.4, 0.5) is 0 Å². The zero-order valence-electron chi connectivity index (χ0n) is 9.29. The van der Waals surface area contributed by atoms with E-state index in [9.17, 15) is 4.79 Å². The smallest absolute Gasteiger partial charge is 0.168 e. The van der Waals surface area contributed by atoms with Gasteiger partial charge in [0.2, 0.25) is 0 Å². The summed E-state index contributed by atoms with van der Waals surface area (Å²) in [6, 6.07) is 12.5. The molecule has 1 nitrogen and oxygen atoms in total. The summed E-state index contributed by atoms with van der Waals surface area (Å²) in [6.45, 7) is 0. The van der Waals surface area contributed by atoms with Crippen molar-refractivity contribution in [1.29, 1.82) is 0 Å². The molecule has 2 aromatic carbocycles. The number of carbonyl (C=O) groups excluding carboxylic acids is 1. The fraction of sp³-hybridized carbons (Fsp3) is 0.0714. The summed E-state index contributed by atoms with van der Waals surface area (Å²) < 4.78 is 0.854. The fourth-order valence-corrected chi connectivity index (χ4v) is 2.63. The first kappa shape index (κ1) is 13.6. The zero-order valence-corrected chi connectivity index (χ0v) is 12.4. The Morgan fingerprint density at radius 2 is 1.89 bits per heavy atom. The van der Waals surface area contributed by atoms with E-state index in [1.54, 1.807) is 30.3 Å². The molecular formula is C14H9BrCl2O. The molecule has 0 aromatic heterocycles. The van der Waals surface area contributed by atoms with E-state index < -0.39 is 0 Å². The molecule has 0 aliphatic carbocycles. The van der Waals surface area contributed by atoms with Gasteiger partial charge in [-0.25, -0.2) is 0 Å². The second-order valence-corrected chi connectivity index (χ2v) is 5.61. The molecule has 0 aliphatic rings. The van der Waals surface area contributed by atoms with Gasteiger partial charge < -0.3 is 0 Å². The highest BCUT2D eigenvalue weighted by Crippen LogP contribution is 2.23. The lowest BCUT2D eigenvalue weighted by Gasteiger charge is -2.04. The lowest BCUT2D eigenvalue weighted by Crippen LogP contribution is -2.04. The van der Waals surface area contributed by atoms with E-state index in [4.69, 9.17) is 23.2 Å². The van der Waals surface area contributed by atoms with Crippen LogP contribution in [0.25, 0.3) is 0 Å². The lowest BCUT2D eigenvalue weighted by molar-refractivity contribution is 0.0993. The molecule has 18 heavy (non-hydrogen) atoms. The molecule has 0 N–H and O–H groups in total. The van der Waals surface area contributed by atoms with Gasteiger partial charge in [-0.15, -0.1) is 0 Å². The first-order valence-electron chi connectivity index (χ1n) is 5.29. The van der Waals surface area contributed by atoms with E-state index in [0.717, 1.165) is 10.0 Å². The van der Waals surface area contributed by atoms with Crippen molar-refractivity contribution < 1.29 is 4.79 Å². The van der Waals surface area contributed by atoms with Gasteiger partial charge in [0.05, 0.1) is 5.02 Å². The summed E-state index contributed by atoms with van der Waals surface area (Å²) in [5, 5.41) is 1.08. The van der Waals surface area contributed by atoms with E-state index in [0.29, 0.717) is 22.0 Å². The minimum Gasteiger partial charge on any atom is -0.294 e. The number of hydrogen-bond acceptors (Lipinski definition) is 1. The molecule has 0 saturated carbocycles. The van der Waals surface area contributed by atoms with Crippen molar-refractivity contribution >= 4 is 44.9 Å². The Kier molecular flexibility index (Phi) is 4.44. The Morgan fingerprint density at radius 1 is 1.11 bits per heavy atom. The molecule has 2 rings (SSSR count). The van der Waals surface area contributed by atoms with E-state index in [1.807, 2.05) is 12.1 Å². The number of ketones is 1.